The van der Waals surface area contributed by atoms with Crippen LogP contribution in [0.3, 0.4) is 0 Å². The third kappa shape index (κ3) is 2.42. The first-order chi connectivity index (χ1) is 7.76. The minimum absolute atomic E-state index is 0.277. The molecule has 2 rings (SSSR count). The van der Waals surface area contributed by atoms with Crippen LogP contribution in [0.2, 0.25) is 5.15 Å². The lowest BCUT2D eigenvalue weighted by Crippen LogP contribution is -2.39. The quantitative estimate of drug-likeness (QED) is 0.865. The van der Waals surface area contributed by atoms with Crippen molar-refractivity contribution in [2.75, 3.05) is 32.2 Å². The number of methoxy groups -OCH3 is 1. The van der Waals surface area contributed by atoms with Gasteiger partial charge in [-0.2, -0.15) is 0 Å². The zero-order valence-corrected chi connectivity index (χ0v) is 9.83. The van der Waals surface area contributed by atoms with Crippen LogP contribution in [0, 0.1) is 0 Å². The molecule has 1 atom stereocenters. The molecule has 1 N–H and O–H groups in total. The lowest BCUT2D eigenvalue weighted by atomic mass is 10.0. The summed E-state index contributed by atoms with van der Waals surface area (Å²) < 4.78 is 10.8. The van der Waals surface area contributed by atoms with Gasteiger partial charge in [0.1, 0.15) is 5.60 Å². The maximum Gasteiger partial charge on any atom is 0.171 e. The summed E-state index contributed by atoms with van der Waals surface area (Å²) in [6, 6.07) is 0. The number of halogens is 1. The molecule has 0 radical (unpaired) electrons. The molecular weight excluding hydrogens is 230 g/mol. The van der Waals surface area contributed by atoms with Crippen molar-refractivity contribution in [3.8, 4) is 0 Å². The van der Waals surface area contributed by atoms with Crippen LogP contribution < -0.4 is 5.32 Å². The summed E-state index contributed by atoms with van der Waals surface area (Å²) in [5, 5.41) is 3.50. The van der Waals surface area contributed by atoms with E-state index in [-0.39, 0.29) is 5.60 Å². The Morgan fingerprint density at radius 2 is 2.38 bits per heavy atom. The number of anilines is 1. The molecule has 0 amide bonds. The van der Waals surface area contributed by atoms with Crippen molar-refractivity contribution in [3.63, 3.8) is 0 Å². The normalized spacial score (nSPS) is 24.6. The van der Waals surface area contributed by atoms with E-state index in [1.54, 1.807) is 19.5 Å². The van der Waals surface area contributed by atoms with Gasteiger partial charge in [0.05, 0.1) is 6.61 Å². The summed E-state index contributed by atoms with van der Waals surface area (Å²) in [6.45, 7) is 1.93. The van der Waals surface area contributed by atoms with Gasteiger partial charge in [-0.25, -0.2) is 9.97 Å². The monoisotopic (exact) mass is 243 g/mol. The van der Waals surface area contributed by atoms with E-state index >= 15 is 0 Å². The Bertz CT molecular complexity index is 356. The first kappa shape index (κ1) is 11.6. The molecule has 1 aromatic heterocycles. The number of hydrogen-bond acceptors (Lipinski definition) is 5. The summed E-state index contributed by atoms with van der Waals surface area (Å²) >= 11 is 5.89. The van der Waals surface area contributed by atoms with Crippen molar-refractivity contribution >= 4 is 17.4 Å². The number of nitrogens with zero attached hydrogens (tertiary/aromatic N) is 2. The molecule has 5 nitrogen and oxygen atoms in total. The maximum absolute atomic E-state index is 5.89. The molecule has 1 aliphatic rings. The Hall–Kier alpha value is -0.910. The SMILES string of the molecule is COC1(CNc2nccnc2Cl)CCOC1. The Morgan fingerprint density at radius 1 is 1.56 bits per heavy atom. The summed E-state index contributed by atoms with van der Waals surface area (Å²) in [5.41, 5.74) is -0.277. The first-order valence-electron chi connectivity index (χ1n) is 5.09. The Balaban J connectivity index is 1.98. The van der Waals surface area contributed by atoms with Gasteiger partial charge in [-0.1, -0.05) is 11.6 Å². The predicted molar refractivity (Wildman–Crippen MR) is 60.7 cm³/mol. The van der Waals surface area contributed by atoms with E-state index in [1.807, 2.05) is 0 Å². The van der Waals surface area contributed by atoms with E-state index in [0.29, 0.717) is 24.1 Å². The Labute approximate surface area is 99.1 Å². The molecule has 1 saturated heterocycles. The van der Waals surface area contributed by atoms with E-state index in [4.69, 9.17) is 21.1 Å². The molecule has 0 spiro atoms. The highest BCUT2D eigenvalue weighted by atomic mass is 35.5. The molecule has 0 saturated carbocycles. The van der Waals surface area contributed by atoms with Crippen molar-refractivity contribution in [1.29, 1.82) is 0 Å². The van der Waals surface area contributed by atoms with E-state index in [0.717, 1.165) is 13.0 Å². The van der Waals surface area contributed by atoms with Gasteiger partial charge in [0.15, 0.2) is 11.0 Å². The predicted octanol–water partition coefficient (Wildman–Crippen LogP) is 1.35. The Kier molecular flexibility index (Phi) is 3.58. The number of hydrogen-bond donors (Lipinski definition) is 1. The standard InChI is InChI=1S/C10H14ClN3O2/c1-15-10(2-5-16-7-10)6-14-9-8(11)12-3-4-13-9/h3-4H,2,5-7H2,1H3,(H,13,14). The van der Waals surface area contributed by atoms with Crippen LogP contribution in [0.1, 0.15) is 6.42 Å². The second kappa shape index (κ2) is 4.95. The molecule has 1 unspecified atom stereocenters. The second-order valence-electron chi connectivity index (χ2n) is 3.74. The highest BCUT2D eigenvalue weighted by molar-refractivity contribution is 6.31. The molecule has 16 heavy (non-hydrogen) atoms. The fourth-order valence-electron chi connectivity index (χ4n) is 1.65. The van der Waals surface area contributed by atoms with Crippen molar-refractivity contribution in [2.45, 2.75) is 12.0 Å². The van der Waals surface area contributed by atoms with Gasteiger partial charge in [-0.3, -0.25) is 0 Å². The summed E-state index contributed by atoms with van der Waals surface area (Å²) in [4.78, 5) is 8.04. The van der Waals surface area contributed by atoms with Crippen LogP contribution in [-0.2, 0) is 9.47 Å². The van der Waals surface area contributed by atoms with Crippen LogP contribution in [-0.4, -0.2) is 42.4 Å². The van der Waals surface area contributed by atoms with E-state index < -0.39 is 0 Å². The zero-order valence-electron chi connectivity index (χ0n) is 9.07. The van der Waals surface area contributed by atoms with Crippen LogP contribution in [0.25, 0.3) is 0 Å². The van der Waals surface area contributed by atoms with Gasteiger partial charge < -0.3 is 14.8 Å². The fourth-order valence-corrected chi connectivity index (χ4v) is 1.82. The summed E-state index contributed by atoms with van der Waals surface area (Å²) in [7, 11) is 1.69. The Morgan fingerprint density at radius 3 is 3.00 bits per heavy atom. The van der Waals surface area contributed by atoms with Crippen LogP contribution in [0.5, 0.6) is 0 Å². The van der Waals surface area contributed by atoms with Gasteiger partial charge in [-0.05, 0) is 0 Å². The summed E-state index contributed by atoms with van der Waals surface area (Å²) in [6.07, 6.45) is 4.02. The van der Waals surface area contributed by atoms with Crippen molar-refractivity contribution in [2.24, 2.45) is 0 Å². The average molecular weight is 244 g/mol. The number of nitrogens with one attached hydrogen (secondary N) is 1. The van der Waals surface area contributed by atoms with E-state index in [1.165, 1.54) is 0 Å². The molecule has 0 aromatic carbocycles. The highest BCUT2D eigenvalue weighted by Crippen LogP contribution is 2.24. The molecule has 0 aliphatic carbocycles. The van der Waals surface area contributed by atoms with Gasteiger partial charge in [0, 0.05) is 39.1 Å². The molecule has 1 aliphatic heterocycles. The number of aromatic nitrogens is 2. The molecule has 1 aromatic rings. The zero-order chi connectivity index (χ0) is 11.4. The fraction of sp³-hybridized carbons (Fsp3) is 0.600. The van der Waals surface area contributed by atoms with Crippen molar-refractivity contribution in [3.05, 3.63) is 17.5 Å². The van der Waals surface area contributed by atoms with Crippen molar-refractivity contribution in [1.82, 2.24) is 9.97 Å². The molecule has 0 bridgehead atoms. The minimum Gasteiger partial charge on any atom is -0.378 e. The molecule has 6 heteroatoms. The number of rotatable bonds is 4. The molecular formula is C10H14ClN3O2. The highest BCUT2D eigenvalue weighted by Gasteiger charge is 2.34. The van der Waals surface area contributed by atoms with Gasteiger partial charge in [-0.15, -0.1) is 0 Å². The third-order valence-corrected chi connectivity index (χ3v) is 3.01. The molecule has 2 heterocycles. The summed E-state index contributed by atoms with van der Waals surface area (Å²) in [5.74, 6) is 0.576. The first-order valence-corrected chi connectivity index (χ1v) is 5.47. The third-order valence-electron chi connectivity index (χ3n) is 2.73. The van der Waals surface area contributed by atoms with Gasteiger partial charge in [0.25, 0.3) is 0 Å². The average Bonchev–Trinajstić information content (AvgIpc) is 2.78. The largest absolute Gasteiger partial charge is 0.378 e. The van der Waals surface area contributed by atoms with Gasteiger partial charge in [0.2, 0.25) is 0 Å². The molecule has 88 valence electrons. The smallest absolute Gasteiger partial charge is 0.171 e. The van der Waals surface area contributed by atoms with E-state index in [9.17, 15) is 0 Å². The van der Waals surface area contributed by atoms with Crippen LogP contribution in [0.15, 0.2) is 12.4 Å². The van der Waals surface area contributed by atoms with Gasteiger partial charge >= 0.3 is 0 Å². The maximum atomic E-state index is 5.89. The topological polar surface area (TPSA) is 56.3 Å². The van der Waals surface area contributed by atoms with Crippen LogP contribution in [0.4, 0.5) is 5.82 Å². The lowest BCUT2D eigenvalue weighted by Gasteiger charge is -2.26. The minimum atomic E-state index is -0.277. The van der Waals surface area contributed by atoms with E-state index in [2.05, 4.69) is 15.3 Å². The second-order valence-corrected chi connectivity index (χ2v) is 4.10. The lowest BCUT2D eigenvalue weighted by molar-refractivity contribution is -0.00625. The van der Waals surface area contributed by atoms with Crippen LogP contribution >= 0.6 is 11.6 Å². The van der Waals surface area contributed by atoms with Crippen molar-refractivity contribution < 1.29 is 9.47 Å². The molecule has 1 fully saturated rings. The number of ether oxygens (including phenoxy) is 2.